The third kappa shape index (κ3) is 1.68. The van der Waals surface area contributed by atoms with Crippen LogP contribution >= 0.6 is 11.3 Å². The normalized spacial score (nSPS) is 10.9. The SMILES string of the molecule is Cc1ccc2[nH]cc(C(=O)c3ccsc3)c2c1. The molecule has 1 N–H and O–H groups in total. The van der Waals surface area contributed by atoms with Gasteiger partial charge in [0, 0.05) is 33.6 Å². The molecule has 0 aliphatic rings. The zero-order valence-electron chi connectivity index (χ0n) is 9.36. The molecule has 0 aliphatic heterocycles. The second-order valence-corrected chi connectivity index (χ2v) is 4.87. The van der Waals surface area contributed by atoms with Gasteiger partial charge in [-0.1, -0.05) is 11.6 Å². The van der Waals surface area contributed by atoms with E-state index in [0.29, 0.717) is 0 Å². The van der Waals surface area contributed by atoms with Gasteiger partial charge < -0.3 is 4.98 Å². The highest BCUT2D eigenvalue weighted by atomic mass is 32.1. The van der Waals surface area contributed by atoms with Gasteiger partial charge in [-0.25, -0.2) is 0 Å². The minimum atomic E-state index is 0.0862. The number of hydrogen-bond acceptors (Lipinski definition) is 2. The van der Waals surface area contributed by atoms with Crippen LogP contribution in [0.5, 0.6) is 0 Å². The van der Waals surface area contributed by atoms with E-state index in [1.165, 1.54) is 0 Å². The maximum absolute atomic E-state index is 12.3. The first kappa shape index (κ1) is 10.3. The second-order valence-electron chi connectivity index (χ2n) is 4.09. The molecule has 0 bridgehead atoms. The number of thiophene rings is 1. The molecule has 84 valence electrons. The number of nitrogens with one attached hydrogen (secondary N) is 1. The van der Waals surface area contributed by atoms with Crippen molar-refractivity contribution in [2.45, 2.75) is 6.92 Å². The number of rotatable bonds is 2. The average molecular weight is 241 g/mol. The summed E-state index contributed by atoms with van der Waals surface area (Å²) in [7, 11) is 0. The highest BCUT2D eigenvalue weighted by molar-refractivity contribution is 7.08. The number of aryl methyl sites for hydroxylation is 1. The van der Waals surface area contributed by atoms with Crippen LogP contribution in [0.15, 0.2) is 41.2 Å². The molecule has 0 fully saturated rings. The number of H-pyrrole nitrogens is 1. The van der Waals surface area contributed by atoms with Crippen LogP contribution in [0, 0.1) is 6.92 Å². The Kier molecular flexibility index (Phi) is 2.34. The van der Waals surface area contributed by atoms with E-state index in [2.05, 4.69) is 4.98 Å². The molecule has 2 heterocycles. The summed E-state index contributed by atoms with van der Waals surface area (Å²) in [6.07, 6.45) is 1.80. The van der Waals surface area contributed by atoms with E-state index in [0.717, 1.165) is 27.6 Å². The van der Waals surface area contributed by atoms with E-state index < -0.39 is 0 Å². The van der Waals surface area contributed by atoms with Gasteiger partial charge in [-0.3, -0.25) is 4.79 Å². The molecule has 0 unspecified atom stereocenters. The maximum atomic E-state index is 12.3. The van der Waals surface area contributed by atoms with Gasteiger partial charge in [-0.05, 0) is 30.5 Å². The Morgan fingerprint density at radius 2 is 2.18 bits per heavy atom. The van der Waals surface area contributed by atoms with Gasteiger partial charge in [0.2, 0.25) is 0 Å². The van der Waals surface area contributed by atoms with Crippen molar-refractivity contribution >= 4 is 28.0 Å². The van der Waals surface area contributed by atoms with Crippen LogP contribution in [0.3, 0.4) is 0 Å². The van der Waals surface area contributed by atoms with Crippen LogP contribution in [-0.4, -0.2) is 10.8 Å². The van der Waals surface area contributed by atoms with Crippen LogP contribution in [0.4, 0.5) is 0 Å². The van der Waals surface area contributed by atoms with Crippen molar-refractivity contribution in [3.8, 4) is 0 Å². The minimum Gasteiger partial charge on any atom is -0.360 e. The summed E-state index contributed by atoms with van der Waals surface area (Å²) in [6.45, 7) is 2.03. The van der Waals surface area contributed by atoms with Crippen molar-refractivity contribution in [3.05, 3.63) is 57.9 Å². The van der Waals surface area contributed by atoms with Crippen molar-refractivity contribution in [3.63, 3.8) is 0 Å². The van der Waals surface area contributed by atoms with Gasteiger partial charge in [0.25, 0.3) is 0 Å². The molecule has 3 rings (SSSR count). The molecule has 0 saturated carbocycles. The lowest BCUT2D eigenvalue weighted by atomic mass is 10.0. The highest BCUT2D eigenvalue weighted by Gasteiger charge is 2.14. The molecule has 0 aliphatic carbocycles. The summed E-state index contributed by atoms with van der Waals surface area (Å²) >= 11 is 1.54. The van der Waals surface area contributed by atoms with Crippen LogP contribution < -0.4 is 0 Å². The summed E-state index contributed by atoms with van der Waals surface area (Å²) in [4.78, 5) is 15.4. The van der Waals surface area contributed by atoms with Crippen LogP contribution in [0.1, 0.15) is 21.5 Å². The molecule has 2 aromatic heterocycles. The van der Waals surface area contributed by atoms with Gasteiger partial charge in [-0.15, -0.1) is 0 Å². The van der Waals surface area contributed by atoms with Crippen molar-refractivity contribution in [1.82, 2.24) is 4.98 Å². The molecule has 2 nitrogen and oxygen atoms in total. The first-order chi connectivity index (χ1) is 8.25. The predicted molar refractivity (Wildman–Crippen MR) is 70.8 cm³/mol. The average Bonchev–Trinajstić information content (AvgIpc) is 2.97. The first-order valence-corrected chi connectivity index (χ1v) is 6.34. The molecule has 3 heteroatoms. The van der Waals surface area contributed by atoms with Gasteiger partial charge in [0.1, 0.15) is 0 Å². The molecular weight excluding hydrogens is 230 g/mol. The van der Waals surface area contributed by atoms with Crippen molar-refractivity contribution < 1.29 is 4.79 Å². The van der Waals surface area contributed by atoms with Crippen molar-refractivity contribution in [2.24, 2.45) is 0 Å². The summed E-state index contributed by atoms with van der Waals surface area (Å²) < 4.78 is 0. The molecule has 0 radical (unpaired) electrons. The lowest BCUT2D eigenvalue weighted by Gasteiger charge is -1.97. The third-order valence-electron chi connectivity index (χ3n) is 2.87. The summed E-state index contributed by atoms with van der Waals surface area (Å²) in [5.74, 6) is 0.0862. The molecule has 1 aromatic carbocycles. The van der Waals surface area contributed by atoms with E-state index in [4.69, 9.17) is 0 Å². The molecule has 17 heavy (non-hydrogen) atoms. The largest absolute Gasteiger partial charge is 0.360 e. The quantitative estimate of drug-likeness (QED) is 0.681. The predicted octanol–water partition coefficient (Wildman–Crippen LogP) is 3.77. The Bertz CT molecular complexity index is 679. The fourth-order valence-electron chi connectivity index (χ4n) is 1.97. The minimum absolute atomic E-state index is 0.0862. The fraction of sp³-hybridized carbons (Fsp3) is 0.0714. The lowest BCUT2D eigenvalue weighted by Crippen LogP contribution is -1.97. The number of fused-ring (bicyclic) bond motifs is 1. The number of benzene rings is 1. The van der Waals surface area contributed by atoms with Gasteiger partial charge in [-0.2, -0.15) is 11.3 Å². The van der Waals surface area contributed by atoms with Crippen LogP contribution in [-0.2, 0) is 0 Å². The summed E-state index contributed by atoms with van der Waals surface area (Å²) in [5.41, 5.74) is 3.69. The standard InChI is InChI=1S/C14H11NOS/c1-9-2-3-13-11(6-9)12(7-15-13)14(16)10-4-5-17-8-10/h2-8,15H,1H3. The first-order valence-electron chi connectivity index (χ1n) is 5.40. The number of ketones is 1. The third-order valence-corrected chi connectivity index (χ3v) is 3.55. The van der Waals surface area contributed by atoms with Gasteiger partial charge in [0.15, 0.2) is 5.78 Å². The summed E-state index contributed by atoms with van der Waals surface area (Å²) in [5, 5.41) is 4.81. The van der Waals surface area contributed by atoms with Crippen molar-refractivity contribution in [2.75, 3.05) is 0 Å². The molecule has 3 aromatic rings. The smallest absolute Gasteiger partial charge is 0.196 e. The number of hydrogen-bond donors (Lipinski definition) is 1. The van der Waals surface area contributed by atoms with Crippen LogP contribution in [0.2, 0.25) is 0 Å². The van der Waals surface area contributed by atoms with E-state index in [1.54, 1.807) is 17.5 Å². The molecule has 0 spiro atoms. The molecule has 0 atom stereocenters. The van der Waals surface area contributed by atoms with E-state index in [-0.39, 0.29) is 5.78 Å². The Balaban J connectivity index is 2.18. The van der Waals surface area contributed by atoms with E-state index in [9.17, 15) is 4.79 Å². The topological polar surface area (TPSA) is 32.9 Å². The Morgan fingerprint density at radius 1 is 1.29 bits per heavy atom. The Hall–Kier alpha value is -1.87. The Morgan fingerprint density at radius 3 is 2.94 bits per heavy atom. The summed E-state index contributed by atoms with van der Waals surface area (Å²) in [6, 6.07) is 7.96. The zero-order valence-corrected chi connectivity index (χ0v) is 10.2. The molecular formula is C14H11NOS. The highest BCUT2D eigenvalue weighted by Crippen LogP contribution is 2.23. The maximum Gasteiger partial charge on any atom is 0.196 e. The van der Waals surface area contributed by atoms with Gasteiger partial charge >= 0.3 is 0 Å². The fourth-order valence-corrected chi connectivity index (χ4v) is 2.61. The van der Waals surface area contributed by atoms with E-state index >= 15 is 0 Å². The van der Waals surface area contributed by atoms with Crippen LogP contribution in [0.25, 0.3) is 10.9 Å². The van der Waals surface area contributed by atoms with Crippen molar-refractivity contribution in [1.29, 1.82) is 0 Å². The second kappa shape index (κ2) is 3.86. The lowest BCUT2D eigenvalue weighted by molar-refractivity contribution is 0.104. The monoisotopic (exact) mass is 241 g/mol. The zero-order chi connectivity index (χ0) is 11.8. The number of aromatic nitrogens is 1. The molecule has 0 amide bonds. The van der Waals surface area contributed by atoms with Gasteiger partial charge in [0.05, 0.1) is 0 Å². The van der Waals surface area contributed by atoms with E-state index in [1.807, 2.05) is 41.9 Å². The number of aromatic amines is 1. The number of carbonyl (C=O) groups is 1. The number of carbonyl (C=O) groups excluding carboxylic acids is 1. The molecule has 0 saturated heterocycles. The Labute approximate surface area is 103 Å².